The second-order valence-corrected chi connectivity index (χ2v) is 13.8. The molecule has 158 valence electrons. The van der Waals surface area contributed by atoms with Crippen LogP contribution < -0.4 is 9.16 Å². The maximum absolute atomic E-state index is 6.43. The van der Waals surface area contributed by atoms with E-state index in [9.17, 15) is 0 Å². The fourth-order valence-electron chi connectivity index (χ4n) is 2.64. The highest BCUT2D eigenvalue weighted by molar-refractivity contribution is 7.71. The molecule has 30 heavy (non-hydrogen) atoms. The summed E-state index contributed by atoms with van der Waals surface area (Å²) in [6.45, 7) is 11.1. The molecule has 2 heterocycles. The van der Waals surface area contributed by atoms with Gasteiger partial charge in [0.15, 0.2) is 11.6 Å². The Bertz CT molecular complexity index is 1100. The predicted molar refractivity (Wildman–Crippen MR) is 128 cm³/mol. The van der Waals surface area contributed by atoms with E-state index in [4.69, 9.17) is 21.4 Å². The molecule has 0 spiro atoms. The molecule has 0 saturated carbocycles. The lowest BCUT2D eigenvalue weighted by Gasteiger charge is -2.36. The van der Waals surface area contributed by atoms with Gasteiger partial charge in [0.2, 0.25) is 0 Å². The average Bonchev–Trinajstić information content (AvgIpc) is 3.07. The van der Waals surface area contributed by atoms with Gasteiger partial charge in [-0.25, -0.2) is 9.67 Å². The standard InChI is InChI=1S/C23H29N3O2SSi/c1-23(2,3)30(5,6)28-19-13-11-17(15-20(19)27-4)10-12-18-16-22(29)26(25-18)21-9-7-8-14-24-21/h7-16,25H,1-6H3. The van der Waals surface area contributed by atoms with Crippen LogP contribution in [0.4, 0.5) is 0 Å². The van der Waals surface area contributed by atoms with E-state index in [2.05, 4.69) is 43.9 Å². The van der Waals surface area contributed by atoms with Gasteiger partial charge in [-0.1, -0.05) is 51.2 Å². The minimum atomic E-state index is -1.94. The van der Waals surface area contributed by atoms with Crippen LogP contribution in [0.25, 0.3) is 18.0 Å². The monoisotopic (exact) mass is 439 g/mol. The second-order valence-electron chi connectivity index (χ2n) is 8.68. The Morgan fingerprint density at radius 2 is 1.83 bits per heavy atom. The molecule has 3 rings (SSSR count). The first-order valence-corrected chi connectivity index (χ1v) is 13.2. The molecule has 0 aliphatic rings. The van der Waals surface area contributed by atoms with Gasteiger partial charge >= 0.3 is 0 Å². The van der Waals surface area contributed by atoms with E-state index < -0.39 is 8.32 Å². The van der Waals surface area contributed by atoms with Crippen molar-refractivity contribution in [2.45, 2.75) is 38.9 Å². The Labute approximate surface area is 184 Å². The van der Waals surface area contributed by atoms with Gasteiger partial charge in [-0.05, 0) is 60.1 Å². The van der Waals surface area contributed by atoms with Crippen LogP contribution in [-0.4, -0.2) is 30.2 Å². The number of H-pyrrole nitrogens is 1. The van der Waals surface area contributed by atoms with Crippen LogP contribution in [0.1, 0.15) is 32.0 Å². The van der Waals surface area contributed by atoms with Crippen molar-refractivity contribution in [2.24, 2.45) is 0 Å². The fraction of sp³-hybridized carbons (Fsp3) is 0.304. The van der Waals surface area contributed by atoms with Crippen molar-refractivity contribution in [1.29, 1.82) is 0 Å². The van der Waals surface area contributed by atoms with Gasteiger partial charge < -0.3 is 9.16 Å². The molecule has 0 aliphatic heterocycles. The number of ether oxygens (including phenoxy) is 1. The van der Waals surface area contributed by atoms with E-state index in [0.717, 1.165) is 28.6 Å². The summed E-state index contributed by atoms with van der Waals surface area (Å²) in [6, 6.07) is 13.6. The second kappa shape index (κ2) is 8.61. The largest absolute Gasteiger partial charge is 0.541 e. The van der Waals surface area contributed by atoms with Crippen molar-refractivity contribution in [1.82, 2.24) is 14.8 Å². The van der Waals surface area contributed by atoms with E-state index in [1.807, 2.05) is 54.6 Å². The molecule has 3 aromatic rings. The molecule has 5 nitrogen and oxygen atoms in total. The van der Waals surface area contributed by atoms with Crippen molar-refractivity contribution in [3.63, 3.8) is 0 Å². The van der Waals surface area contributed by atoms with Crippen molar-refractivity contribution < 1.29 is 9.16 Å². The van der Waals surface area contributed by atoms with Crippen molar-refractivity contribution in [3.05, 3.63) is 64.6 Å². The zero-order chi connectivity index (χ0) is 21.9. The summed E-state index contributed by atoms with van der Waals surface area (Å²) in [5.41, 5.74) is 1.91. The van der Waals surface area contributed by atoms with Crippen LogP contribution >= 0.6 is 12.2 Å². The average molecular weight is 440 g/mol. The smallest absolute Gasteiger partial charge is 0.250 e. The number of hydrogen-bond donors (Lipinski definition) is 1. The Hall–Kier alpha value is -2.64. The highest BCUT2D eigenvalue weighted by Crippen LogP contribution is 2.40. The lowest BCUT2D eigenvalue weighted by molar-refractivity contribution is 0.386. The summed E-state index contributed by atoms with van der Waals surface area (Å²) >= 11 is 5.45. The third-order valence-corrected chi connectivity index (χ3v) is 10.1. The van der Waals surface area contributed by atoms with Crippen LogP contribution in [0.5, 0.6) is 11.5 Å². The molecule has 0 bridgehead atoms. The number of hydrogen-bond acceptors (Lipinski definition) is 4. The molecular formula is C23H29N3O2SSi. The third kappa shape index (κ3) is 4.91. The topological polar surface area (TPSA) is 52.1 Å². The molecular weight excluding hydrogens is 410 g/mol. The van der Waals surface area contributed by atoms with Gasteiger partial charge in [-0.15, -0.1) is 0 Å². The lowest BCUT2D eigenvalue weighted by Crippen LogP contribution is -2.43. The summed E-state index contributed by atoms with van der Waals surface area (Å²) in [4.78, 5) is 4.33. The van der Waals surface area contributed by atoms with Crippen LogP contribution in [-0.2, 0) is 0 Å². The van der Waals surface area contributed by atoms with Crippen LogP contribution in [0.3, 0.4) is 0 Å². The van der Waals surface area contributed by atoms with Gasteiger partial charge in [0.25, 0.3) is 8.32 Å². The molecule has 0 radical (unpaired) electrons. The normalized spacial score (nSPS) is 12.3. The van der Waals surface area contributed by atoms with Crippen LogP contribution in [0.15, 0.2) is 48.7 Å². The number of nitrogens with zero attached hydrogens (tertiary/aromatic N) is 2. The Morgan fingerprint density at radius 3 is 2.47 bits per heavy atom. The molecule has 0 fully saturated rings. The molecule has 0 amide bonds. The highest BCUT2D eigenvalue weighted by atomic mass is 32.1. The zero-order valence-electron chi connectivity index (χ0n) is 18.4. The molecule has 2 aromatic heterocycles. The molecule has 0 saturated heterocycles. The number of aromatic nitrogens is 3. The Balaban J connectivity index is 1.83. The van der Waals surface area contributed by atoms with Crippen molar-refractivity contribution >= 4 is 32.7 Å². The summed E-state index contributed by atoms with van der Waals surface area (Å²) in [5, 5.41) is 3.39. The molecule has 7 heteroatoms. The minimum Gasteiger partial charge on any atom is -0.541 e. The quantitative estimate of drug-likeness (QED) is 0.352. The first-order valence-electron chi connectivity index (χ1n) is 9.89. The Kier molecular flexibility index (Phi) is 6.33. The number of pyridine rings is 1. The minimum absolute atomic E-state index is 0.120. The number of aromatic amines is 1. The number of nitrogens with one attached hydrogen (secondary N) is 1. The van der Waals surface area contributed by atoms with Crippen molar-refractivity contribution in [3.8, 4) is 17.3 Å². The van der Waals surface area contributed by atoms with Crippen LogP contribution in [0, 0.1) is 4.64 Å². The SMILES string of the molecule is COc1cc(C=Cc2cc(=S)n(-c3ccccn3)[nH]2)ccc1O[Si](C)(C)C(C)(C)C. The van der Waals surface area contributed by atoms with Gasteiger partial charge in [0.05, 0.1) is 12.8 Å². The number of benzene rings is 1. The summed E-state index contributed by atoms with van der Waals surface area (Å²) in [5.74, 6) is 2.29. The number of rotatable bonds is 6. The lowest BCUT2D eigenvalue weighted by atomic mass is 10.2. The van der Waals surface area contributed by atoms with Crippen molar-refractivity contribution in [2.75, 3.05) is 7.11 Å². The summed E-state index contributed by atoms with van der Waals surface area (Å²) in [6.07, 6.45) is 5.74. The first kappa shape index (κ1) is 22.1. The molecule has 0 atom stereocenters. The summed E-state index contributed by atoms with van der Waals surface area (Å²) in [7, 11) is -0.269. The maximum atomic E-state index is 6.43. The fourth-order valence-corrected chi connectivity index (χ4v) is 3.93. The zero-order valence-corrected chi connectivity index (χ0v) is 20.2. The van der Waals surface area contributed by atoms with E-state index in [-0.39, 0.29) is 5.04 Å². The van der Waals surface area contributed by atoms with Gasteiger partial charge in [0.1, 0.15) is 10.4 Å². The molecule has 1 aromatic carbocycles. The van der Waals surface area contributed by atoms with Gasteiger partial charge in [-0.3, -0.25) is 5.10 Å². The number of methoxy groups -OCH3 is 1. The van der Waals surface area contributed by atoms with E-state index in [0.29, 0.717) is 4.64 Å². The highest BCUT2D eigenvalue weighted by Gasteiger charge is 2.39. The van der Waals surface area contributed by atoms with Gasteiger partial charge in [-0.2, -0.15) is 0 Å². The predicted octanol–water partition coefficient (Wildman–Crippen LogP) is 6.49. The van der Waals surface area contributed by atoms with E-state index in [1.165, 1.54) is 0 Å². The van der Waals surface area contributed by atoms with E-state index in [1.54, 1.807) is 18.0 Å². The molecule has 1 N–H and O–H groups in total. The van der Waals surface area contributed by atoms with Gasteiger partial charge in [0, 0.05) is 6.20 Å². The first-order chi connectivity index (χ1) is 14.1. The summed E-state index contributed by atoms with van der Waals surface area (Å²) < 4.78 is 14.5. The Morgan fingerprint density at radius 1 is 1.07 bits per heavy atom. The van der Waals surface area contributed by atoms with Crippen LogP contribution in [0.2, 0.25) is 18.1 Å². The molecule has 0 aliphatic carbocycles. The molecule has 0 unspecified atom stereocenters. The van der Waals surface area contributed by atoms with E-state index >= 15 is 0 Å². The third-order valence-electron chi connectivity index (χ3n) is 5.43. The maximum Gasteiger partial charge on any atom is 0.250 e.